The molecule has 1 rings (SSSR count). The predicted octanol–water partition coefficient (Wildman–Crippen LogP) is 3.58. The van der Waals surface area contributed by atoms with E-state index >= 15 is 0 Å². The molecule has 4 nitrogen and oxygen atoms in total. The summed E-state index contributed by atoms with van der Waals surface area (Å²) >= 11 is 0. The summed E-state index contributed by atoms with van der Waals surface area (Å²) in [5, 5.41) is 0. The van der Waals surface area contributed by atoms with E-state index in [4.69, 9.17) is 0 Å². The molecule has 0 heterocycles. The maximum atomic E-state index is 13.8. The minimum Gasteiger partial charge on any atom is -0.744 e. The van der Waals surface area contributed by atoms with Crippen LogP contribution in [0.4, 0.5) is 83.4 Å². The summed E-state index contributed by atoms with van der Waals surface area (Å²) in [6.07, 6.45) is -15.5. The van der Waals surface area contributed by atoms with Crippen LogP contribution in [0, 0.1) is 0 Å². The quantitative estimate of drug-likeness (QED) is 0.218. The molecule has 0 amide bonds. The van der Waals surface area contributed by atoms with Crippen molar-refractivity contribution in [3.63, 3.8) is 0 Å². The van der Waals surface area contributed by atoms with E-state index in [9.17, 15) is 96.4 Å². The molecular weight excluding hydrogens is 660 g/mol. The van der Waals surface area contributed by atoms with Crippen LogP contribution in [0.5, 0.6) is 5.75 Å². The number of para-hydroxylation sites is 1. The van der Waals surface area contributed by atoms with Crippen molar-refractivity contribution in [2.75, 3.05) is 0 Å². The third-order valence-corrected chi connectivity index (χ3v) is 5.32. The molecule has 0 bridgehead atoms. The minimum atomic E-state index is -9.11. The van der Waals surface area contributed by atoms with E-state index in [1.165, 1.54) is 0 Å². The van der Waals surface area contributed by atoms with Crippen molar-refractivity contribution in [1.82, 2.24) is 0 Å². The van der Waals surface area contributed by atoms with Gasteiger partial charge in [-0.3, -0.25) is 0 Å². The molecule has 1 aromatic rings. The third-order valence-electron chi connectivity index (χ3n) is 4.44. The number of ether oxygens (including phenoxy) is 1. The van der Waals surface area contributed by atoms with E-state index in [-0.39, 0.29) is 41.7 Å². The van der Waals surface area contributed by atoms with Crippen molar-refractivity contribution < 1.29 is 131 Å². The van der Waals surface area contributed by atoms with E-state index in [1.807, 2.05) is 0 Å². The van der Waals surface area contributed by atoms with Crippen LogP contribution in [0.1, 0.15) is 0 Å². The van der Waals surface area contributed by atoms with Crippen LogP contribution in [-0.2, 0) is 10.1 Å². The molecule has 0 aliphatic heterocycles. The molecule has 1 aromatic carbocycles. The Balaban J connectivity index is 0.0000152. The molecule has 0 aliphatic rings. The van der Waals surface area contributed by atoms with Gasteiger partial charge in [-0.05, 0) is 12.1 Å². The zero-order valence-electron chi connectivity index (χ0n) is 18.0. The molecule has 0 aromatic heterocycles. The van der Waals surface area contributed by atoms with Gasteiger partial charge in [-0.25, -0.2) is 8.42 Å². The third kappa shape index (κ3) is 5.41. The number of halogens is 19. The molecule has 0 saturated heterocycles. The number of rotatable bonds is 10. The summed E-state index contributed by atoms with van der Waals surface area (Å²) in [6.45, 7) is 0. The van der Waals surface area contributed by atoms with Crippen molar-refractivity contribution in [1.29, 1.82) is 0 Å². The van der Waals surface area contributed by atoms with Gasteiger partial charge in [0.25, 0.3) is 0 Å². The van der Waals surface area contributed by atoms with Crippen molar-refractivity contribution in [3.05, 3.63) is 24.3 Å². The fourth-order valence-corrected chi connectivity index (χ4v) is 2.89. The molecule has 0 radical (unpaired) electrons. The maximum absolute atomic E-state index is 13.8. The van der Waals surface area contributed by atoms with Crippen molar-refractivity contribution in [3.8, 4) is 5.75 Å². The van der Waals surface area contributed by atoms with Gasteiger partial charge >= 0.3 is 83.3 Å². The van der Waals surface area contributed by atoms with Crippen molar-refractivity contribution >= 4 is 10.1 Å². The van der Waals surface area contributed by atoms with Gasteiger partial charge in [0, 0.05) is 0 Å². The van der Waals surface area contributed by atoms with Crippen LogP contribution >= 0.6 is 0 Å². The van der Waals surface area contributed by atoms with Gasteiger partial charge < -0.3 is 9.29 Å². The summed E-state index contributed by atoms with van der Waals surface area (Å²) in [6, 6.07) is 0.489. The second-order valence-corrected chi connectivity index (χ2v) is 8.39. The first-order chi connectivity index (χ1) is 16.7. The smallest absolute Gasteiger partial charge is 0.744 e. The Morgan fingerprint density at radius 2 is 0.825 bits per heavy atom. The van der Waals surface area contributed by atoms with Crippen LogP contribution < -0.4 is 34.3 Å². The Morgan fingerprint density at radius 1 is 0.525 bits per heavy atom. The van der Waals surface area contributed by atoms with Crippen LogP contribution in [0.15, 0.2) is 29.2 Å². The number of hydrogen-bond acceptors (Lipinski definition) is 4. The normalized spacial score (nSPS) is 15.5. The van der Waals surface area contributed by atoms with Crippen LogP contribution in [0.3, 0.4) is 0 Å². The van der Waals surface area contributed by atoms with Crippen molar-refractivity contribution in [2.24, 2.45) is 0 Å². The van der Waals surface area contributed by atoms with Gasteiger partial charge in [-0.1, -0.05) is 12.1 Å². The summed E-state index contributed by atoms with van der Waals surface area (Å²) in [7, 11) is -6.05. The van der Waals surface area contributed by atoms with Crippen LogP contribution in [0.25, 0.3) is 0 Å². The van der Waals surface area contributed by atoms with E-state index < -0.39 is 74.5 Å². The Kier molecular flexibility index (Phi) is 10.0. The second-order valence-electron chi connectivity index (χ2n) is 7.04. The second kappa shape index (κ2) is 10.4. The summed E-state index contributed by atoms with van der Waals surface area (Å²) in [5.41, 5.74) is 0. The average molecular weight is 664 g/mol. The fourth-order valence-electron chi connectivity index (χ4n) is 2.29. The van der Waals surface area contributed by atoms with Crippen LogP contribution in [-0.4, -0.2) is 66.7 Å². The Morgan fingerprint density at radius 3 is 1.15 bits per heavy atom. The van der Waals surface area contributed by atoms with Crippen LogP contribution in [0.2, 0.25) is 0 Å². The zero-order valence-corrected chi connectivity index (χ0v) is 20.8. The number of hydrogen-bond donors (Lipinski definition) is 0. The summed E-state index contributed by atoms with van der Waals surface area (Å²) in [5.74, 6) is -64.0. The minimum absolute atomic E-state index is 0. The van der Waals surface area contributed by atoms with E-state index in [1.54, 1.807) is 0 Å². The maximum Gasteiger partial charge on any atom is 1.00 e. The van der Waals surface area contributed by atoms with Gasteiger partial charge in [0.1, 0.15) is 15.9 Å². The molecule has 0 N–H and O–H groups in total. The fraction of sp³-hybridized carbons (Fsp3) is 0.600. The molecular formula is C15H4F19NaO4S. The Labute approximate surface area is 229 Å². The van der Waals surface area contributed by atoms with Gasteiger partial charge in [0.05, 0.1) is 4.90 Å². The first-order valence-electron chi connectivity index (χ1n) is 8.53. The first kappa shape index (κ1) is 38.6. The molecule has 0 spiro atoms. The summed E-state index contributed by atoms with van der Waals surface area (Å²) in [4.78, 5) is -2.12. The topological polar surface area (TPSA) is 66.4 Å². The molecule has 0 saturated carbocycles. The summed E-state index contributed by atoms with van der Waals surface area (Å²) < 4.78 is 287. The zero-order chi connectivity index (χ0) is 31.7. The van der Waals surface area contributed by atoms with Crippen molar-refractivity contribution in [2.45, 2.75) is 58.6 Å². The van der Waals surface area contributed by atoms with E-state index in [0.29, 0.717) is 12.1 Å². The Bertz CT molecular complexity index is 1180. The Hall–Kier alpha value is -1.40. The van der Waals surface area contributed by atoms with Gasteiger partial charge in [-0.2, -0.15) is 83.4 Å². The molecule has 0 aliphatic carbocycles. The molecule has 40 heavy (non-hydrogen) atoms. The first-order valence-corrected chi connectivity index (χ1v) is 9.94. The molecule has 25 heteroatoms. The van der Waals surface area contributed by atoms with E-state index in [2.05, 4.69) is 4.74 Å². The average Bonchev–Trinajstić information content (AvgIpc) is 2.71. The monoisotopic (exact) mass is 664 g/mol. The number of benzene rings is 1. The number of alkyl halides is 19. The molecule has 228 valence electrons. The van der Waals surface area contributed by atoms with E-state index in [0.717, 1.165) is 0 Å². The van der Waals surface area contributed by atoms with Gasteiger partial charge in [-0.15, -0.1) is 0 Å². The standard InChI is InChI=1S/C15H5F19O4S.Na/c16-7(17,8(18,19)10(22,23)12(26,27)14(30,31)32)9(20,21)11(24,25)13(28,29)15(33,34)38-5-3-1-2-4-6(5)39(35,36)37;/h1-4H,(H,35,36,37);/q;+1/p-1. The molecule has 0 atom stereocenters. The predicted molar refractivity (Wildman–Crippen MR) is 80.7 cm³/mol. The molecule has 0 fully saturated rings. The van der Waals surface area contributed by atoms with Gasteiger partial charge in [0.2, 0.25) is 0 Å². The largest absolute Gasteiger partial charge is 1.00 e. The molecule has 0 unspecified atom stereocenters. The SMILES string of the molecule is O=S(=O)([O-])c1ccccc1OC(F)(F)C(F)(F)C(F)(F)C(F)(F)C(F)(F)C(F)(F)C(F)(F)C(F)(F)C(F)(F)F.[Na+]. The van der Waals surface area contributed by atoms with Gasteiger partial charge in [0.15, 0.2) is 0 Å².